The van der Waals surface area contributed by atoms with E-state index in [0.29, 0.717) is 12.2 Å². The molecule has 1 amide bonds. The van der Waals surface area contributed by atoms with Gasteiger partial charge in [0.25, 0.3) is 5.91 Å². The molecule has 0 saturated heterocycles. The van der Waals surface area contributed by atoms with Crippen LogP contribution in [-0.4, -0.2) is 38.4 Å². The number of fused-ring (bicyclic) bond motifs is 2. The van der Waals surface area contributed by atoms with E-state index in [9.17, 15) is 4.79 Å². The zero-order valence-electron chi connectivity index (χ0n) is 17.7. The topological polar surface area (TPSA) is 66.0 Å². The summed E-state index contributed by atoms with van der Waals surface area (Å²) in [6, 6.07) is 18.9. The Kier molecular flexibility index (Phi) is 5.30. The van der Waals surface area contributed by atoms with Crippen LogP contribution in [-0.2, 0) is 13.1 Å². The molecule has 1 aliphatic heterocycles. The number of aromatic nitrogens is 3. The van der Waals surface area contributed by atoms with E-state index in [-0.39, 0.29) is 11.9 Å². The Morgan fingerprint density at radius 2 is 1.94 bits per heavy atom. The van der Waals surface area contributed by atoms with Gasteiger partial charge < -0.3 is 14.9 Å². The van der Waals surface area contributed by atoms with Gasteiger partial charge in [-0.15, -0.1) is 0 Å². The maximum atomic E-state index is 12.5. The summed E-state index contributed by atoms with van der Waals surface area (Å²) in [6.07, 6.45) is 4.92. The van der Waals surface area contributed by atoms with Crippen LogP contribution in [0, 0.1) is 0 Å². The highest BCUT2D eigenvalue weighted by Gasteiger charge is 2.32. The molecule has 0 bridgehead atoms. The highest BCUT2D eigenvalue weighted by atomic mass is 16.1. The fraction of sp³-hybridized carbons (Fsp3) is 0.280. The summed E-state index contributed by atoms with van der Waals surface area (Å²) in [4.78, 5) is 23.2. The lowest BCUT2D eigenvalue weighted by molar-refractivity contribution is 0.0949. The zero-order chi connectivity index (χ0) is 21.2. The van der Waals surface area contributed by atoms with Crippen molar-refractivity contribution >= 4 is 16.8 Å². The van der Waals surface area contributed by atoms with E-state index in [1.807, 2.05) is 19.2 Å². The van der Waals surface area contributed by atoms with Crippen LogP contribution in [0.15, 0.2) is 67.0 Å². The number of para-hydroxylation sites is 1. The summed E-state index contributed by atoms with van der Waals surface area (Å²) < 4.78 is 2.14. The average Bonchev–Trinajstić information content (AvgIpc) is 3.42. The monoisotopic (exact) mass is 413 g/mol. The number of hydrogen-bond donors (Lipinski definition) is 2. The molecule has 1 atom stereocenters. The lowest BCUT2D eigenvalue weighted by Crippen LogP contribution is -2.38. The van der Waals surface area contributed by atoms with Crippen LogP contribution in [0.1, 0.15) is 46.8 Å². The molecular weight excluding hydrogens is 386 g/mol. The van der Waals surface area contributed by atoms with Crippen molar-refractivity contribution in [2.45, 2.75) is 32.5 Å². The molecule has 1 unspecified atom stereocenters. The van der Waals surface area contributed by atoms with E-state index >= 15 is 0 Å². The molecule has 158 valence electrons. The van der Waals surface area contributed by atoms with Crippen molar-refractivity contribution in [2.75, 3.05) is 13.1 Å². The third-order valence-electron chi connectivity index (χ3n) is 5.98. The Balaban J connectivity index is 1.51. The van der Waals surface area contributed by atoms with Gasteiger partial charge in [0.05, 0.1) is 6.04 Å². The van der Waals surface area contributed by atoms with Crippen LogP contribution in [0.2, 0.25) is 0 Å². The first-order valence-electron chi connectivity index (χ1n) is 10.9. The first-order valence-corrected chi connectivity index (χ1v) is 10.9. The van der Waals surface area contributed by atoms with Crippen LogP contribution < -0.4 is 5.32 Å². The van der Waals surface area contributed by atoms with Crippen molar-refractivity contribution < 1.29 is 4.79 Å². The van der Waals surface area contributed by atoms with Gasteiger partial charge in [0.15, 0.2) is 0 Å². The number of benzene rings is 2. The molecule has 6 nitrogen and oxygen atoms in total. The number of carbonyl (C=O) groups is 1. The number of nitrogens with zero attached hydrogens (tertiary/aromatic N) is 3. The van der Waals surface area contributed by atoms with Crippen molar-refractivity contribution in [3.63, 3.8) is 0 Å². The third kappa shape index (κ3) is 3.75. The van der Waals surface area contributed by atoms with E-state index in [0.717, 1.165) is 37.4 Å². The van der Waals surface area contributed by atoms with Gasteiger partial charge in [0.1, 0.15) is 11.5 Å². The lowest BCUT2D eigenvalue weighted by atomic mass is 10.0. The lowest BCUT2D eigenvalue weighted by Gasteiger charge is -2.36. The predicted molar refractivity (Wildman–Crippen MR) is 122 cm³/mol. The molecule has 2 aromatic heterocycles. The number of amides is 1. The fourth-order valence-corrected chi connectivity index (χ4v) is 4.44. The molecule has 4 aromatic rings. The second kappa shape index (κ2) is 8.40. The van der Waals surface area contributed by atoms with E-state index < -0.39 is 0 Å². The van der Waals surface area contributed by atoms with Gasteiger partial charge in [0.2, 0.25) is 0 Å². The van der Waals surface area contributed by atoms with Gasteiger partial charge in [-0.3, -0.25) is 9.69 Å². The second-order valence-electron chi connectivity index (χ2n) is 8.08. The molecule has 0 saturated carbocycles. The van der Waals surface area contributed by atoms with Gasteiger partial charge >= 0.3 is 0 Å². The van der Waals surface area contributed by atoms with Crippen LogP contribution in [0.5, 0.6) is 0 Å². The van der Waals surface area contributed by atoms with Crippen molar-refractivity contribution in [3.05, 3.63) is 89.6 Å². The molecule has 31 heavy (non-hydrogen) atoms. The summed E-state index contributed by atoms with van der Waals surface area (Å²) in [5.74, 6) is 0.831. The molecular formula is C25H27N5O. The van der Waals surface area contributed by atoms with Crippen molar-refractivity contribution in [3.8, 4) is 0 Å². The number of rotatable bonds is 6. The number of hydrogen-bond acceptors (Lipinski definition) is 3. The Hall–Kier alpha value is -3.38. The molecule has 0 spiro atoms. The average molecular weight is 414 g/mol. The normalized spacial score (nSPS) is 16.4. The number of imidazole rings is 1. The summed E-state index contributed by atoms with van der Waals surface area (Å²) in [6.45, 7) is 5.23. The van der Waals surface area contributed by atoms with Gasteiger partial charge in [-0.1, -0.05) is 55.5 Å². The molecule has 2 aromatic carbocycles. The Morgan fingerprint density at radius 1 is 1.13 bits per heavy atom. The number of H-pyrrole nitrogens is 1. The predicted octanol–water partition coefficient (Wildman–Crippen LogP) is 4.11. The minimum Gasteiger partial charge on any atom is -0.361 e. The number of carbonyl (C=O) groups excluding carboxylic acids is 1. The highest BCUT2D eigenvalue weighted by Crippen LogP contribution is 2.33. The van der Waals surface area contributed by atoms with Gasteiger partial charge in [-0.05, 0) is 23.6 Å². The summed E-state index contributed by atoms with van der Waals surface area (Å²) in [7, 11) is 0. The molecule has 1 aliphatic rings. The largest absolute Gasteiger partial charge is 0.361 e. The fourth-order valence-electron chi connectivity index (χ4n) is 4.44. The molecule has 3 heterocycles. The van der Waals surface area contributed by atoms with Gasteiger partial charge in [-0.2, -0.15) is 0 Å². The second-order valence-corrected chi connectivity index (χ2v) is 8.08. The van der Waals surface area contributed by atoms with Crippen molar-refractivity contribution in [2.24, 2.45) is 0 Å². The molecule has 0 aliphatic carbocycles. The molecule has 0 fully saturated rings. The molecule has 6 heteroatoms. The smallest absolute Gasteiger partial charge is 0.271 e. The molecule has 5 rings (SSSR count). The van der Waals surface area contributed by atoms with Gasteiger partial charge in [0, 0.05) is 49.5 Å². The third-order valence-corrected chi connectivity index (χ3v) is 5.98. The Bertz CT molecular complexity index is 1190. The SMILES string of the molecule is CCCNC(=O)c1cn2c(n1)C(c1ccccc1)N(Cc1c[nH]c3ccccc13)CC2. The highest BCUT2D eigenvalue weighted by molar-refractivity contribution is 5.92. The summed E-state index contributed by atoms with van der Waals surface area (Å²) >= 11 is 0. The van der Waals surface area contributed by atoms with Crippen molar-refractivity contribution in [1.29, 1.82) is 0 Å². The first kappa shape index (κ1) is 19.6. The minimum atomic E-state index is -0.0984. The maximum absolute atomic E-state index is 12.5. The van der Waals surface area contributed by atoms with Crippen LogP contribution in [0.4, 0.5) is 0 Å². The van der Waals surface area contributed by atoms with E-state index in [1.54, 1.807) is 0 Å². The van der Waals surface area contributed by atoms with Crippen molar-refractivity contribution in [1.82, 2.24) is 24.8 Å². The van der Waals surface area contributed by atoms with E-state index in [1.165, 1.54) is 16.5 Å². The van der Waals surface area contributed by atoms with Gasteiger partial charge in [-0.25, -0.2) is 4.98 Å². The Morgan fingerprint density at radius 3 is 2.77 bits per heavy atom. The van der Waals surface area contributed by atoms with Crippen LogP contribution in [0.25, 0.3) is 10.9 Å². The maximum Gasteiger partial charge on any atom is 0.271 e. The Labute approximate surface area is 181 Å². The first-order chi connectivity index (χ1) is 15.2. The van der Waals surface area contributed by atoms with Crippen LogP contribution >= 0.6 is 0 Å². The number of nitrogens with one attached hydrogen (secondary N) is 2. The molecule has 0 radical (unpaired) electrons. The van der Waals surface area contributed by atoms with E-state index in [2.05, 4.69) is 74.5 Å². The zero-order valence-corrected chi connectivity index (χ0v) is 17.7. The van der Waals surface area contributed by atoms with Crippen LogP contribution in [0.3, 0.4) is 0 Å². The minimum absolute atomic E-state index is 0.00339. The molecule has 2 N–H and O–H groups in total. The van der Waals surface area contributed by atoms with E-state index in [4.69, 9.17) is 4.98 Å². The number of aromatic amines is 1. The summed E-state index contributed by atoms with van der Waals surface area (Å²) in [5.41, 5.74) is 4.12. The standard InChI is InChI=1S/C25H27N5O/c1-2-12-26-25(31)22-17-30-14-13-29(16-19-15-27-21-11-7-6-10-20(19)21)23(24(30)28-22)18-8-4-3-5-9-18/h3-11,15,17,23,27H,2,12-14,16H2,1H3,(H,26,31). The quantitative estimate of drug-likeness (QED) is 0.500. The summed E-state index contributed by atoms with van der Waals surface area (Å²) in [5, 5.41) is 4.20.